The fraction of sp³-hybridized carbons (Fsp3) is 0.250. The number of aryl methyl sites for hydroxylation is 2. The predicted octanol–water partition coefficient (Wildman–Crippen LogP) is 2.34. The summed E-state index contributed by atoms with van der Waals surface area (Å²) in [5, 5.41) is 3.30. The van der Waals surface area contributed by atoms with Gasteiger partial charge in [0.05, 0.1) is 6.54 Å². The Labute approximate surface area is 89.8 Å². The maximum Gasteiger partial charge on any atom is 0.126 e. The lowest BCUT2D eigenvalue weighted by Gasteiger charge is -2.06. The van der Waals surface area contributed by atoms with Gasteiger partial charge in [0.15, 0.2) is 0 Å². The van der Waals surface area contributed by atoms with Crippen LogP contribution in [0.2, 0.25) is 0 Å². The molecule has 0 amide bonds. The highest BCUT2D eigenvalue weighted by Gasteiger charge is 1.97. The van der Waals surface area contributed by atoms with E-state index in [1.165, 1.54) is 5.69 Å². The van der Waals surface area contributed by atoms with E-state index in [2.05, 4.69) is 20.9 Å². The number of anilines is 1. The minimum absolute atomic E-state index is 0.806. The smallest absolute Gasteiger partial charge is 0.126 e. The molecule has 0 saturated carbocycles. The molecule has 0 aromatic carbocycles. The van der Waals surface area contributed by atoms with Gasteiger partial charge in [0.25, 0.3) is 0 Å². The summed E-state index contributed by atoms with van der Waals surface area (Å²) in [6, 6.07) is 10.1. The summed E-state index contributed by atoms with van der Waals surface area (Å²) in [6.07, 6.45) is 2.04. The lowest BCUT2D eigenvalue weighted by atomic mass is 10.3. The Morgan fingerprint density at radius 3 is 2.80 bits per heavy atom. The van der Waals surface area contributed by atoms with Gasteiger partial charge in [0.2, 0.25) is 0 Å². The van der Waals surface area contributed by atoms with Crippen LogP contribution in [0.4, 0.5) is 5.82 Å². The minimum Gasteiger partial charge on any atom is -0.364 e. The van der Waals surface area contributed by atoms with Crippen LogP contribution in [0.25, 0.3) is 0 Å². The maximum absolute atomic E-state index is 4.38. The number of hydrogen-bond donors (Lipinski definition) is 1. The summed E-state index contributed by atoms with van der Waals surface area (Å²) in [5.74, 6) is 0.927. The van der Waals surface area contributed by atoms with Crippen molar-refractivity contribution in [2.45, 2.75) is 13.5 Å². The van der Waals surface area contributed by atoms with E-state index in [-0.39, 0.29) is 0 Å². The van der Waals surface area contributed by atoms with Gasteiger partial charge in [-0.3, -0.25) is 0 Å². The zero-order valence-corrected chi connectivity index (χ0v) is 9.07. The SMILES string of the molecule is Cc1cccc(NCc2cccn2C)n1. The molecule has 0 aliphatic carbocycles. The van der Waals surface area contributed by atoms with Crippen LogP contribution < -0.4 is 5.32 Å². The Balaban J connectivity index is 2.02. The van der Waals surface area contributed by atoms with E-state index in [0.717, 1.165) is 18.1 Å². The molecule has 0 radical (unpaired) electrons. The van der Waals surface area contributed by atoms with Crippen molar-refractivity contribution in [1.29, 1.82) is 0 Å². The molecule has 2 aromatic heterocycles. The molecule has 0 spiro atoms. The van der Waals surface area contributed by atoms with Crippen molar-refractivity contribution in [1.82, 2.24) is 9.55 Å². The van der Waals surface area contributed by atoms with Gasteiger partial charge in [-0.15, -0.1) is 0 Å². The third-order valence-electron chi connectivity index (χ3n) is 2.39. The second kappa shape index (κ2) is 4.17. The zero-order chi connectivity index (χ0) is 10.7. The van der Waals surface area contributed by atoms with E-state index in [4.69, 9.17) is 0 Å². The monoisotopic (exact) mass is 201 g/mol. The van der Waals surface area contributed by atoms with E-state index >= 15 is 0 Å². The van der Waals surface area contributed by atoms with Gasteiger partial charge in [0, 0.05) is 24.6 Å². The maximum atomic E-state index is 4.38. The summed E-state index contributed by atoms with van der Waals surface area (Å²) >= 11 is 0. The van der Waals surface area contributed by atoms with Gasteiger partial charge in [-0.1, -0.05) is 6.07 Å². The van der Waals surface area contributed by atoms with E-state index in [1.54, 1.807) is 0 Å². The van der Waals surface area contributed by atoms with Crippen LogP contribution >= 0.6 is 0 Å². The van der Waals surface area contributed by atoms with E-state index in [9.17, 15) is 0 Å². The first-order valence-corrected chi connectivity index (χ1v) is 5.03. The second-order valence-electron chi connectivity index (χ2n) is 3.63. The molecular weight excluding hydrogens is 186 g/mol. The molecule has 1 N–H and O–H groups in total. The number of nitrogens with zero attached hydrogens (tertiary/aromatic N) is 2. The van der Waals surface area contributed by atoms with Crippen molar-refractivity contribution in [2.24, 2.45) is 7.05 Å². The molecule has 0 aliphatic heterocycles. The number of rotatable bonds is 3. The van der Waals surface area contributed by atoms with Crippen molar-refractivity contribution in [3.63, 3.8) is 0 Å². The summed E-state index contributed by atoms with van der Waals surface area (Å²) in [7, 11) is 2.04. The summed E-state index contributed by atoms with van der Waals surface area (Å²) < 4.78 is 2.10. The largest absolute Gasteiger partial charge is 0.364 e. The Morgan fingerprint density at radius 1 is 1.27 bits per heavy atom. The van der Waals surface area contributed by atoms with E-state index in [1.807, 2.05) is 44.4 Å². The average Bonchev–Trinajstić information content (AvgIpc) is 2.61. The normalized spacial score (nSPS) is 10.3. The molecule has 2 aromatic rings. The van der Waals surface area contributed by atoms with Crippen LogP contribution in [-0.2, 0) is 13.6 Å². The second-order valence-corrected chi connectivity index (χ2v) is 3.63. The molecule has 0 saturated heterocycles. The molecular formula is C12H15N3. The number of pyridine rings is 1. The van der Waals surface area contributed by atoms with Crippen molar-refractivity contribution >= 4 is 5.82 Å². The number of hydrogen-bond acceptors (Lipinski definition) is 2. The fourth-order valence-electron chi connectivity index (χ4n) is 1.50. The molecule has 0 bridgehead atoms. The predicted molar refractivity (Wildman–Crippen MR) is 61.7 cm³/mol. The summed E-state index contributed by atoms with van der Waals surface area (Å²) in [4.78, 5) is 4.38. The van der Waals surface area contributed by atoms with Crippen LogP contribution in [0.15, 0.2) is 36.5 Å². The van der Waals surface area contributed by atoms with E-state index in [0.29, 0.717) is 0 Å². The van der Waals surface area contributed by atoms with Crippen molar-refractivity contribution in [2.75, 3.05) is 5.32 Å². The average molecular weight is 201 g/mol. The topological polar surface area (TPSA) is 29.9 Å². The third-order valence-corrected chi connectivity index (χ3v) is 2.39. The van der Waals surface area contributed by atoms with Gasteiger partial charge >= 0.3 is 0 Å². The molecule has 3 nitrogen and oxygen atoms in total. The highest BCUT2D eigenvalue weighted by atomic mass is 15.0. The molecule has 0 aliphatic rings. The molecule has 78 valence electrons. The number of nitrogens with one attached hydrogen (secondary N) is 1. The molecule has 0 atom stereocenters. The lowest BCUT2D eigenvalue weighted by molar-refractivity contribution is 0.840. The number of aromatic nitrogens is 2. The first-order valence-electron chi connectivity index (χ1n) is 5.03. The van der Waals surface area contributed by atoms with E-state index < -0.39 is 0 Å². The third kappa shape index (κ3) is 2.37. The molecule has 2 rings (SSSR count). The quantitative estimate of drug-likeness (QED) is 0.826. The van der Waals surface area contributed by atoms with Gasteiger partial charge in [-0.2, -0.15) is 0 Å². The standard InChI is InChI=1S/C12H15N3/c1-10-5-3-7-12(14-10)13-9-11-6-4-8-15(11)2/h3-8H,9H2,1-2H3,(H,13,14). The Hall–Kier alpha value is -1.77. The van der Waals surface area contributed by atoms with Crippen molar-refractivity contribution < 1.29 is 0 Å². The minimum atomic E-state index is 0.806. The Kier molecular flexibility index (Phi) is 2.72. The van der Waals surface area contributed by atoms with Gasteiger partial charge in [-0.05, 0) is 31.2 Å². The Morgan fingerprint density at radius 2 is 2.13 bits per heavy atom. The zero-order valence-electron chi connectivity index (χ0n) is 9.07. The van der Waals surface area contributed by atoms with Crippen molar-refractivity contribution in [3.8, 4) is 0 Å². The molecule has 2 heterocycles. The molecule has 3 heteroatoms. The molecule has 0 fully saturated rings. The van der Waals surface area contributed by atoms with Crippen LogP contribution in [0.3, 0.4) is 0 Å². The van der Waals surface area contributed by atoms with Crippen LogP contribution in [0.1, 0.15) is 11.4 Å². The first kappa shape index (κ1) is 9.77. The molecule has 0 unspecified atom stereocenters. The fourth-order valence-corrected chi connectivity index (χ4v) is 1.50. The van der Waals surface area contributed by atoms with Crippen LogP contribution in [0, 0.1) is 6.92 Å². The van der Waals surface area contributed by atoms with Gasteiger partial charge in [0.1, 0.15) is 5.82 Å². The first-order chi connectivity index (χ1) is 7.25. The summed E-state index contributed by atoms with van der Waals surface area (Å²) in [6.45, 7) is 2.80. The Bertz CT molecular complexity index is 446. The summed E-state index contributed by atoms with van der Waals surface area (Å²) in [5.41, 5.74) is 2.28. The lowest BCUT2D eigenvalue weighted by Crippen LogP contribution is -2.05. The van der Waals surface area contributed by atoms with Crippen molar-refractivity contribution in [3.05, 3.63) is 47.9 Å². The van der Waals surface area contributed by atoms with Crippen LogP contribution in [-0.4, -0.2) is 9.55 Å². The molecule has 15 heavy (non-hydrogen) atoms. The van der Waals surface area contributed by atoms with Gasteiger partial charge < -0.3 is 9.88 Å². The van der Waals surface area contributed by atoms with Gasteiger partial charge in [-0.25, -0.2) is 4.98 Å². The van der Waals surface area contributed by atoms with Crippen LogP contribution in [0.5, 0.6) is 0 Å². The highest BCUT2D eigenvalue weighted by molar-refractivity contribution is 5.35. The highest BCUT2D eigenvalue weighted by Crippen LogP contribution is 2.07.